The molecule has 0 aromatic heterocycles. The van der Waals surface area contributed by atoms with Crippen molar-refractivity contribution in [2.75, 3.05) is 11.9 Å². The van der Waals surface area contributed by atoms with Crippen LogP contribution in [0.5, 0.6) is 0 Å². The fraction of sp³-hybridized carbons (Fsp3) is 0.500. The largest absolute Gasteiger partial charge is 0.394 e. The summed E-state index contributed by atoms with van der Waals surface area (Å²) in [6.07, 6.45) is -6.82. The van der Waals surface area contributed by atoms with Crippen molar-refractivity contribution in [3.8, 4) is 0 Å². The molecule has 1 heterocycles. The van der Waals surface area contributed by atoms with Gasteiger partial charge in [-0.05, 0) is 6.07 Å². The van der Waals surface area contributed by atoms with E-state index >= 15 is 0 Å². The fourth-order valence-electron chi connectivity index (χ4n) is 2.13. The van der Waals surface area contributed by atoms with Gasteiger partial charge in [0, 0.05) is 6.07 Å². The number of nitrogens with zero attached hydrogens (tertiary/aromatic N) is 1. The summed E-state index contributed by atoms with van der Waals surface area (Å²) < 4.78 is 5.23. The first-order valence-electron chi connectivity index (χ1n) is 6.26. The number of aliphatic hydroxyl groups is 4. The summed E-state index contributed by atoms with van der Waals surface area (Å²) in [6, 6.07) is 5.72. The molecule has 1 aliphatic heterocycles. The third kappa shape index (κ3) is 3.12. The highest BCUT2D eigenvalue weighted by molar-refractivity contribution is 5.61. The van der Waals surface area contributed by atoms with Gasteiger partial charge in [0.15, 0.2) is 6.23 Å². The number of hydrogen-bond acceptors (Lipinski definition) is 8. The van der Waals surface area contributed by atoms with E-state index in [1.807, 2.05) is 0 Å². The number of hydrogen-bond donors (Lipinski definition) is 5. The molecular formula is C12H16N2O7. The lowest BCUT2D eigenvalue weighted by atomic mass is 9.98. The van der Waals surface area contributed by atoms with E-state index in [2.05, 4.69) is 5.32 Å². The molecule has 0 unspecified atom stereocenters. The van der Waals surface area contributed by atoms with Gasteiger partial charge in [-0.25, -0.2) is 0 Å². The van der Waals surface area contributed by atoms with E-state index in [4.69, 9.17) is 9.84 Å². The van der Waals surface area contributed by atoms with Crippen molar-refractivity contribution in [1.82, 2.24) is 0 Å². The summed E-state index contributed by atoms with van der Waals surface area (Å²) in [5, 5.41) is 51.8. The first kappa shape index (κ1) is 15.6. The van der Waals surface area contributed by atoms with E-state index in [-0.39, 0.29) is 11.4 Å². The van der Waals surface area contributed by atoms with Crippen LogP contribution in [0.15, 0.2) is 24.3 Å². The predicted octanol–water partition coefficient (Wildman–Crippen LogP) is -1.19. The Balaban J connectivity index is 2.20. The van der Waals surface area contributed by atoms with Crippen molar-refractivity contribution in [2.24, 2.45) is 0 Å². The number of benzene rings is 1. The Hall–Kier alpha value is -1.78. The van der Waals surface area contributed by atoms with Crippen molar-refractivity contribution in [3.05, 3.63) is 34.4 Å². The maximum Gasteiger partial charge on any atom is 0.292 e. The normalized spacial score (nSPS) is 32.7. The number of nitrogens with one attached hydrogen (secondary N) is 1. The van der Waals surface area contributed by atoms with Gasteiger partial charge in [-0.1, -0.05) is 12.1 Å². The molecule has 1 fully saturated rings. The van der Waals surface area contributed by atoms with Crippen LogP contribution < -0.4 is 5.32 Å². The summed E-state index contributed by atoms with van der Waals surface area (Å²) in [5.41, 5.74) is -0.138. The smallest absolute Gasteiger partial charge is 0.292 e. The topological polar surface area (TPSA) is 145 Å². The van der Waals surface area contributed by atoms with Gasteiger partial charge in [0.2, 0.25) is 0 Å². The Labute approximate surface area is 119 Å². The Morgan fingerprint density at radius 1 is 1.19 bits per heavy atom. The zero-order valence-electron chi connectivity index (χ0n) is 10.9. The molecule has 0 radical (unpaired) electrons. The molecule has 9 heteroatoms. The van der Waals surface area contributed by atoms with Crippen LogP contribution in [0.4, 0.5) is 11.4 Å². The molecule has 1 aromatic carbocycles. The third-order valence-corrected chi connectivity index (χ3v) is 3.29. The minimum Gasteiger partial charge on any atom is -0.394 e. The molecule has 116 valence electrons. The molecular weight excluding hydrogens is 284 g/mol. The molecule has 1 aromatic rings. The average molecular weight is 300 g/mol. The highest BCUT2D eigenvalue weighted by atomic mass is 16.6. The van der Waals surface area contributed by atoms with Crippen molar-refractivity contribution in [1.29, 1.82) is 0 Å². The van der Waals surface area contributed by atoms with Crippen LogP contribution >= 0.6 is 0 Å². The molecule has 21 heavy (non-hydrogen) atoms. The molecule has 1 aliphatic rings. The molecule has 5 N–H and O–H groups in total. The predicted molar refractivity (Wildman–Crippen MR) is 70.5 cm³/mol. The van der Waals surface area contributed by atoms with E-state index in [1.54, 1.807) is 6.07 Å². The van der Waals surface area contributed by atoms with Gasteiger partial charge >= 0.3 is 0 Å². The second-order valence-corrected chi connectivity index (χ2v) is 4.67. The number of nitro benzene ring substituents is 1. The van der Waals surface area contributed by atoms with E-state index in [0.717, 1.165) is 0 Å². The van der Waals surface area contributed by atoms with Crippen LogP contribution in [0.1, 0.15) is 0 Å². The first-order chi connectivity index (χ1) is 9.95. The zero-order valence-corrected chi connectivity index (χ0v) is 10.9. The fourth-order valence-corrected chi connectivity index (χ4v) is 2.13. The van der Waals surface area contributed by atoms with Gasteiger partial charge in [0.05, 0.1) is 11.5 Å². The Morgan fingerprint density at radius 2 is 1.86 bits per heavy atom. The minimum absolute atomic E-state index is 0.0897. The van der Waals surface area contributed by atoms with Gasteiger partial charge < -0.3 is 30.5 Å². The van der Waals surface area contributed by atoms with Crippen LogP contribution in [-0.4, -0.2) is 62.6 Å². The molecule has 0 aliphatic carbocycles. The average Bonchev–Trinajstić information content (AvgIpc) is 2.48. The number of aliphatic hydroxyl groups excluding tert-OH is 4. The van der Waals surface area contributed by atoms with Gasteiger partial charge in [0.25, 0.3) is 5.69 Å². The van der Waals surface area contributed by atoms with Gasteiger partial charge in [-0.2, -0.15) is 0 Å². The number of rotatable bonds is 4. The Morgan fingerprint density at radius 3 is 2.48 bits per heavy atom. The van der Waals surface area contributed by atoms with E-state index < -0.39 is 42.2 Å². The maximum atomic E-state index is 10.9. The summed E-state index contributed by atoms with van der Waals surface area (Å²) >= 11 is 0. The van der Waals surface area contributed by atoms with Crippen molar-refractivity contribution < 1.29 is 30.1 Å². The number of nitro groups is 1. The SMILES string of the molecule is O=[N+]([O-])c1ccccc1N[C@H]1O[C@@H](CO)[C@@H](O)[C@@H](O)[C@H]1O. The second-order valence-electron chi connectivity index (χ2n) is 4.67. The molecule has 2 rings (SSSR count). The summed E-state index contributed by atoms with van der Waals surface area (Å²) in [6.45, 7) is -0.569. The summed E-state index contributed by atoms with van der Waals surface area (Å²) in [7, 11) is 0. The molecule has 9 nitrogen and oxygen atoms in total. The van der Waals surface area contributed by atoms with Crippen LogP contribution in [0.25, 0.3) is 0 Å². The summed E-state index contributed by atoms with van der Waals surface area (Å²) in [4.78, 5) is 10.3. The molecule has 1 saturated heterocycles. The molecule has 0 bridgehead atoms. The highest BCUT2D eigenvalue weighted by Gasteiger charge is 2.43. The van der Waals surface area contributed by atoms with E-state index in [1.165, 1.54) is 18.2 Å². The quantitative estimate of drug-likeness (QED) is 0.344. The van der Waals surface area contributed by atoms with Gasteiger partial charge in [-0.3, -0.25) is 10.1 Å². The highest BCUT2D eigenvalue weighted by Crippen LogP contribution is 2.28. The lowest BCUT2D eigenvalue weighted by molar-refractivity contribution is -0.384. The molecule has 0 spiro atoms. The van der Waals surface area contributed by atoms with Crippen molar-refractivity contribution in [3.63, 3.8) is 0 Å². The summed E-state index contributed by atoms with van der Waals surface area (Å²) in [5.74, 6) is 0. The minimum atomic E-state index is -1.55. The monoisotopic (exact) mass is 300 g/mol. The standard InChI is InChI=1S/C12H16N2O7/c15-5-8-9(16)10(17)11(18)12(21-8)13-6-3-1-2-4-7(6)14(19)20/h1-4,8-13,15-18H,5H2/t8-,9+,10+,11+,12-/m0/s1. The van der Waals surface area contributed by atoms with Crippen LogP contribution in [0, 0.1) is 10.1 Å². The van der Waals surface area contributed by atoms with E-state index in [9.17, 15) is 25.4 Å². The lowest BCUT2D eigenvalue weighted by Crippen LogP contribution is -2.60. The molecule has 0 saturated carbocycles. The zero-order chi connectivity index (χ0) is 15.6. The number of ether oxygens (including phenoxy) is 1. The van der Waals surface area contributed by atoms with Crippen LogP contribution in [0.3, 0.4) is 0 Å². The Bertz CT molecular complexity index is 510. The first-order valence-corrected chi connectivity index (χ1v) is 6.26. The van der Waals surface area contributed by atoms with E-state index in [0.29, 0.717) is 0 Å². The molecule has 5 atom stereocenters. The lowest BCUT2D eigenvalue weighted by Gasteiger charge is -2.40. The van der Waals surface area contributed by atoms with Crippen molar-refractivity contribution in [2.45, 2.75) is 30.6 Å². The third-order valence-electron chi connectivity index (χ3n) is 3.29. The van der Waals surface area contributed by atoms with Crippen molar-refractivity contribution >= 4 is 11.4 Å². The van der Waals surface area contributed by atoms with Gasteiger partial charge in [-0.15, -0.1) is 0 Å². The second kappa shape index (κ2) is 6.33. The number of anilines is 1. The number of para-hydroxylation sites is 2. The molecule has 0 amide bonds. The van der Waals surface area contributed by atoms with Gasteiger partial charge in [0.1, 0.15) is 30.1 Å². The van der Waals surface area contributed by atoms with Crippen LogP contribution in [-0.2, 0) is 4.74 Å². The maximum absolute atomic E-state index is 10.9. The van der Waals surface area contributed by atoms with Crippen LogP contribution in [0.2, 0.25) is 0 Å². The Kier molecular flexibility index (Phi) is 4.70.